The Morgan fingerprint density at radius 1 is 1.00 bits per heavy atom. The highest BCUT2D eigenvalue weighted by molar-refractivity contribution is 5.24. The fourth-order valence-electron chi connectivity index (χ4n) is 2.42. The monoisotopic (exact) mass is 293 g/mol. The number of rotatable bonds is 5. The Morgan fingerprint density at radius 2 is 1.71 bits per heavy atom. The molecule has 2 atom stereocenters. The van der Waals surface area contributed by atoms with E-state index in [-0.39, 0.29) is 17.9 Å². The van der Waals surface area contributed by atoms with E-state index in [1.165, 1.54) is 24.3 Å². The Labute approximate surface area is 122 Å². The van der Waals surface area contributed by atoms with Crippen LogP contribution in [0.3, 0.4) is 0 Å². The smallest absolute Gasteiger partial charge is 0.130 e. The molecule has 1 nitrogen and oxygen atoms in total. The summed E-state index contributed by atoms with van der Waals surface area (Å²) >= 11 is 0. The van der Waals surface area contributed by atoms with Crippen LogP contribution in [0.1, 0.15) is 43.5 Å². The zero-order valence-electron chi connectivity index (χ0n) is 12.0. The molecule has 21 heavy (non-hydrogen) atoms. The Bertz CT molecular complexity index is 613. The second-order valence-corrected chi connectivity index (χ2v) is 5.07. The molecule has 0 saturated carbocycles. The maximum atomic E-state index is 13.8. The molecule has 0 aliphatic heterocycles. The number of hydrogen-bond donors (Lipinski definition) is 1. The quantitative estimate of drug-likeness (QED) is 0.826. The molecular weight excluding hydrogens is 275 g/mol. The van der Waals surface area contributed by atoms with Crippen molar-refractivity contribution in [1.82, 2.24) is 5.32 Å². The highest BCUT2D eigenvalue weighted by Gasteiger charge is 2.17. The number of hydrogen-bond acceptors (Lipinski definition) is 1. The molecule has 0 aliphatic carbocycles. The summed E-state index contributed by atoms with van der Waals surface area (Å²) in [5.41, 5.74) is 1.21. The highest BCUT2D eigenvalue weighted by Crippen LogP contribution is 2.24. The van der Waals surface area contributed by atoms with Gasteiger partial charge < -0.3 is 5.32 Å². The van der Waals surface area contributed by atoms with Gasteiger partial charge in [0.25, 0.3) is 0 Å². The maximum Gasteiger partial charge on any atom is 0.130 e. The van der Waals surface area contributed by atoms with Gasteiger partial charge in [0.15, 0.2) is 0 Å². The van der Waals surface area contributed by atoms with Crippen molar-refractivity contribution in [2.75, 3.05) is 0 Å². The number of nitrogens with one attached hydrogen (secondary N) is 1. The molecule has 4 heteroatoms. The van der Waals surface area contributed by atoms with Gasteiger partial charge in [-0.05, 0) is 37.1 Å². The standard InChI is InChI=1S/C17H18F3N/c1-3-17(12-5-4-6-13(18)9-12)21-11(2)15-8-7-14(19)10-16(15)20/h4-11,17,21H,3H2,1-2H3. The minimum absolute atomic E-state index is 0.0971. The summed E-state index contributed by atoms with van der Waals surface area (Å²) in [7, 11) is 0. The van der Waals surface area contributed by atoms with Crippen LogP contribution in [0, 0.1) is 17.5 Å². The minimum atomic E-state index is -0.597. The molecule has 112 valence electrons. The zero-order valence-corrected chi connectivity index (χ0v) is 12.0. The van der Waals surface area contributed by atoms with Gasteiger partial charge >= 0.3 is 0 Å². The fourth-order valence-corrected chi connectivity index (χ4v) is 2.42. The average Bonchev–Trinajstić information content (AvgIpc) is 2.44. The molecule has 0 aliphatic rings. The molecule has 0 aromatic heterocycles. The van der Waals surface area contributed by atoms with Crippen LogP contribution in [0.4, 0.5) is 13.2 Å². The first kappa shape index (κ1) is 15.6. The van der Waals surface area contributed by atoms with Crippen molar-refractivity contribution in [3.63, 3.8) is 0 Å². The van der Waals surface area contributed by atoms with E-state index >= 15 is 0 Å². The van der Waals surface area contributed by atoms with E-state index in [9.17, 15) is 13.2 Å². The Morgan fingerprint density at radius 3 is 2.33 bits per heavy atom. The van der Waals surface area contributed by atoms with E-state index in [1.54, 1.807) is 13.0 Å². The lowest BCUT2D eigenvalue weighted by atomic mass is 10.0. The second-order valence-electron chi connectivity index (χ2n) is 5.07. The van der Waals surface area contributed by atoms with Crippen LogP contribution in [0.2, 0.25) is 0 Å². The summed E-state index contributed by atoms with van der Waals surface area (Å²) < 4.78 is 40.0. The number of benzene rings is 2. The Hall–Kier alpha value is -1.81. The molecule has 0 amide bonds. The molecule has 0 spiro atoms. The summed E-state index contributed by atoms with van der Waals surface area (Å²) in [5.74, 6) is -1.47. The fraction of sp³-hybridized carbons (Fsp3) is 0.294. The topological polar surface area (TPSA) is 12.0 Å². The van der Waals surface area contributed by atoms with Gasteiger partial charge in [-0.15, -0.1) is 0 Å². The predicted octanol–water partition coefficient (Wildman–Crippen LogP) is 4.91. The van der Waals surface area contributed by atoms with Crippen LogP contribution in [0.15, 0.2) is 42.5 Å². The molecular formula is C17H18F3N. The van der Waals surface area contributed by atoms with Crippen LogP contribution in [0.25, 0.3) is 0 Å². The molecule has 2 aromatic carbocycles. The Kier molecular flexibility index (Phi) is 5.02. The molecule has 2 unspecified atom stereocenters. The molecule has 2 aromatic rings. The average molecular weight is 293 g/mol. The van der Waals surface area contributed by atoms with Gasteiger partial charge in [-0.25, -0.2) is 13.2 Å². The maximum absolute atomic E-state index is 13.8. The largest absolute Gasteiger partial charge is 0.303 e. The van der Waals surface area contributed by atoms with Gasteiger partial charge in [-0.3, -0.25) is 0 Å². The van der Waals surface area contributed by atoms with Crippen LogP contribution < -0.4 is 5.32 Å². The highest BCUT2D eigenvalue weighted by atomic mass is 19.1. The van der Waals surface area contributed by atoms with Crippen molar-refractivity contribution in [2.24, 2.45) is 0 Å². The van der Waals surface area contributed by atoms with E-state index in [0.29, 0.717) is 5.56 Å². The van der Waals surface area contributed by atoms with E-state index in [1.807, 2.05) is 13.0 Å². The van der Waals surface area contributed by atoms with Crippen molar-refractivity contribution < 1.29 is 13.2 Å². The number of halogens is 3. The lowest BCUT2D eigenvalue weighted by Gasteiger charge is -2.23. The molecule has 0 radical (unpaired) electrons. The minimum Gasteiger partial charge on any atom is -0.303 e. The van der Waals surface area contributed by atoms with Crippen molar-refractivity contribution in [1.29, 1.82) is 0 Å². The molecule has 0 fully saturated rings. The third kappa shape index (κ3) is 3.85. The van der Waals surface area contributed by atoms with Gasteiger partial charge in [0.2, 0.25) is 0 Å². The molecule has 2 rings (SSSR count). The summed E-state index contributed by atoms with van der Waals surface area (Å²) in [6.07, 6.45) is 0.733. The predicted molar refractivity (Wildman–Crippen MR) is 77.3 cm³/mol. The molecule has 1 N–H and O–H groups in total. The second kappa shape index (κ2) is 6.76. The van der Waals surface area contributed by atoms with Gasteiger partial charge in [0, 0.05) is 23.7 Å². The lowest BCUT2D eigenvalue weighted by molar-refractivity contribution is 0.439. The molecule has 0 bridgehead atoms. The first-order valence-corrected chi connectivity index (χ1v) is 6.97. The van der Waals surface area contributed by atoms with E-state index in [0.717, 1.165) is 18.1 Å². The van der Waals surface area contributed by atoms with Crippen molar-refractivity contribution in [2.45, 2.75) is 32.4 Å². The van der Waals surface area contributed by atoms with Gasteiger partial charge in [0.1, 0.15) is 17.5 Å². The summed E-state index contributed by atoms with van der Waals surface area (Å²) in [5, 5.41) is 3.26. The van der Waals surface area contributed by atoms with Crippen LogP contribution >= 0.6 is 0 Å². The first-order valence-electron chi connectivity index (χ1n) is 6.97. The SMILES string of the molecule is CCC(NC(C)c1ccc(F)cc1F)c1cccc(F)c1. The molecule has 0 saturated heterocycles. The van der Waals surface area contributed by atoms with E-state index < -0.39 is 11.6 Å². The van der Waals surface area contributed by atoms with E-state index in [4.69, 9.17) is 0 Å². The molecule has 0 heterocycles. The van der Waals surface area contributed by atoms with Crippen LogP contribution in [0.5, 0.6) is 0 Å². The van der Waals surface area contributed by atoms with Crippen molar-refractivity contribution in [3.8, 4) is 0 Å². The third-order valence-corrected chi connectivity index (χ3v) is 3.54. The Balaban J connectivity index is 2.18. The summed E-state index contributed by atoms with van der Waals surface area (Å²) in [4.78, 5) is 0. The summed E-state index contributed by atoms with van der Waals surface area (Å²) in [6.45, 7) is 3.77. The van der Waals surface area contributed by atoms with Gasteiger partial charge in [0.05, 0.1) is 0 Å². The van der Waals surface area contributed by atoms with Gasteiger partial charge in [-0.1, -0.05) is 25.1 Å². The zero-order chi connectivity index (χ0) is 15.4. The van der Waals surface area contributed by atoms with Crippen LogP contribution in [-0.2, 0) is 0 Å². The normalized spacial score (nSPS) is 14.0. The van der Waals surface area contributed by atoms with E-state index in [2.05, 4.69) is 5.32 Å². The van der Waals surface area contributed by atoms with Crippen molar-refractivity contribution >= 4 is 0 Å². The summed E-state index contributed by atoms with van der Waals surface area (Å²) in [6, 6.07) is 9.47. The van der Waals surface area contributed by atoms with Gasteiger partial charge in [-0.2, -0.15) is 0 Å². The van der Waals surface area contributed by atoms with Crippen LogP contribution in [-0.4, -0.2) is 0 Å². The third-order valence-electron chi connectivity index (χ3n) is 3.54. The van der Waals surface area contributed by atoms with Crippen molar-refractivity contribution in [3.05, 3.63) is 71.0 Å². The first-order chi connectivity index (χ1) is 10.0. The lowest BCUT2D eigenvalue weighted by Crippen LogP contribution is -2.25.